The Balaban J connectivity index is 1.61. The van der Waals surface area contributed by atoms with Gasteiger partial charge in [0.1, 0.15) is 0 Å². The van der Waals surface area contributed by atoms with Gasteiger partial charge < -0.3 is 15.5 Å². The summed E-state index contributed by atoms with van der Waals surface area (Å²) in [6.45, 7) is 9.38. The maximum absolute atomic E-state index is 12.8. The summed E-state index contributed by atoms with van der Waals surface area (Å²) >= 11 is 6.16. The topological polar surface area (TPSA) is 52.8 Å². The minimum absolute atomic E-state index is 0.218. The molecule has 1 atom stereocenters. The van der Waals surface area contributed by atoms with Crippen LogP contribution in [0.5, 0.6) is 0 Å². The van der Waals surface area contributed by atoms with Crippen LogP contribution in [0, 0.1) is 6.92 Å². The molecule has 0 spiro atoms. The Bertz CT molecular complexity index is 630. The van der Waals surface area contributed by atoms with Crippen molar-refractivity contribution in [3.8, 4) is 0 Å². The van der Waals surface area contributed by atoms with Gasteiger partial charge in [-0.05, 0) is 56.4 Å². The van der Waals surface area contributed by atoms with Crippen molar-refractivity contribution in [3.05, 3.63) is 28.3 Å². The number of piperazine rings is 1. The second-order valence-electron chi connectivity index (χ2n) is 7.39. The van der Waals surface area contributed by atoms with E-state index in [-0.39, 0.29) is 12.1 Å². The van der Waals surface area contributed by atoms with E-state index in [0.717, 1.165) is 63.4 Å². The SMILES string of the molecule is Cc1c(N)cc(Cl)cc1CN1CCN(C(=O)N2CCCCC2)[C@@H](C)C1. The van der Waals surface area contributed by atoms with Gasteiger partial charge in [-0.25, -0.2) is 4.79 Å². The number of urea groups is 1. The molecule has 2 amide bonds. The average molecular weight is 365 g/mol. The number of hydrogen-bond acceptors (Lipinski definition) is 3. The van der Waals surface area contributed by atoms with Gasteiger partial charge in [-0.15, -0.1) is 0 Å². The molecule has 2 N–H and O–H groups in total. The second kappa shape index (κ2) is 7.83. The van der Waals surface area contributed by atoms with E-state index in [0.29, 0.717) is 5.02 Å². The lowest BCUT2D eigenvalue weighted by molar-refractivity contribution is 0.0741. The van der Waals surface area contributed by atoms with Crippen molar-refractivity contribution in [2.75, 3.05) is 38.5 Å². The van der Waals surface area contributed by atoms with Gasteiger partial charge in [-0.2, -0.15) is 0 Å². The lowest BCUT2D eigenvalue weighted by Crippen LogP contribution is -2.57. The van der Waals surface area contributed by atoms with E-state index in [9.17, 15) is 4.79 Å². The van der Waals surface area contributed by atoms with E-state index in [1.54, 1.807) is 6.07 Å². The van der Waals surface area contributed by atoms with Crippen LogP contribution in [0.4, 0.5) is 10.5 Å². The third-order valence-electron chi connectivity index (χ3n) is 5.50. The molecule has 0 bridgehead atoms. The zero-order valence-corrected chi connectivity index (χ0v) is 16.1. The number of rotatable bonds is 2. The molecular formula is C19H29ClN4O. The zero-order chi connectivity index (χ0) is 18.0. The van der Waals surface area contributed by atoms with Gasteiger partial charge in [0.05, 0.1) is 0 Å². The Morgan fingerprint density at radius 3 is 2.60 bits per heavy atom. The molecule has 0 aliphatic carbocycles. The first kappa shape index (κ1) is 18.3. The van der Waals surface area contributed by atoms with Crippen molar-refractivity contribution in [2.24, 2.45) is 0 Å². The summed E-state index contributed by atoms with van der Waals surface area (Å²) < 4.78 is 0. The highest BCUT2D eigenvalue weighted by molar-refractivity contribution is 6.31. The third-order valence-corrected chi connectivity index (χ3v) is 5.72. The number of hydrogen-bond donors (Lipinski definition) is 1. The molecule has 2 heterocycles. The normalized spacial score (nSPS) is 22.3. The molecule has 6 heteroatoms. The minimum Gasteiger partial charge on any atom is -0.398 e. The predicted molar refractivity (Wildman–Crippen MR) is 103 cm³/mol. The van der Waals surface area contributed by atoms with Crippen molar-refractivity contribution in [3.63, 3.8) is 0 Å². The Hall–Kier alpha value is -1.46. The number of carbonyl (C=O) groups is 1. The molecule has 5 nitrogen and oxygen atoms in total. The number of nitrogens with two attached hydrogens (primary N) is 1. The van der Waals surface area contributed by atoms with E-state index < -0.39 is 0 Å². The van der Waals surface area contributed by atoms with Crippen molar-refractivity contribution < 1.29 is 4.79 Å². The predicted octanol–water partition coefficient (Wildman–Crippen LogP) is 3.34. The smallest absolute Gasteiger partial charge is 0.320 e. The molecule has 2 fully saturated rings. The Morgan fingerprint density at radius 2 is 1.92 bits per heavy atom. The van der Waals surface area contributed by atoms with Gasteiger partial charge >= 0.3 is 6.03 Å². The van der Waals surface area contributed by atoms with Crippen molar-refractivity contribution >= 4 is 23.3 Å². The number of halogens is 1. The lowest BCUT2D eigenvalue weighted by atomic mass is 10.1. The monoisotopic (exact) mass is 364 g/mol. The first-order valence-corrected chi connectivity index (χ1v) is 9.66. The van der Waals surface area contributed by atoms with Gasteiger partial charge in [0, 0.05) is 56.0 Å². The Kier molecular flexibility index (Phi) is 5.74. The van der Waals surface area contributed by atoms with Crippen LogP contribution in [0.1, 0.15) is 37.3 Å². The number of piperidine rings is 1. The molecule has 0 aromatic heterocycles. The summed E-state index contributed by atoms with van der Waals surface area (Å²) in [6.07, 6.45) is 3.51. The molecule has 0 saturated carbocycles. The number of carbonyl (C=O) groups excluding carboxylic acids is 1. The number of anilines is 1. The van der Waals surface area contributed by atoms with Crippen LogP contribution in [0.25, 0.3) is 0 Å². The van der Waals surface area contributed by atoms with E-state index in [4.69, 9.17) is 17.3 Å². The van der Waals surface area contributed by atoms with Crippen LogP contribution < -0.4 is 5.73 Å². The Labute approximate surface area is 155 Å². The number of amides is 2. The molecule has 2 aliphatic heterocycles. The lowest BCUT2D eigenvalue weighted by Gasteiger charge is -2.42. The van der Waals surface area contributed by atoms with Gasteiger partial charge in [0.15, 0.2) is 0 Å². The van der Waals surface area contributed by atoms with Crippen molar-refractivity contribution in [2.45, 2.75) is 45.7 Å². The maximum atomic E-state index is 12.8. The molecule has 3 rings (SSSR count). The number of nitrogen functional groups attached to an aromatic ring is 1. The van der Waals surface area contributed by atoms with Gasteiger partial charge in [0.25, 0.3) is 0 Å². The van der Waals surface area contributed by atoms with E-state index in [1.165, 1.54) is 12.0 Å². The van der Waals surface area contributed by atoms with Crippen LogP contribution in [0.15, 0.2) is 12.1 Å². The first-order chi connectivity index (χ1) is 12.0. The molecule has 0 unspecified atom stereocenters. The van der Waals surface area contributed by atoms with E-state index in [2.05, 4.69) is 11.8 Å². The molecule has 2 aliphatic rings. The molecule has 25 heavy (non-hydrogen) atoms. The minimum atomic E-state index is 0.218. The van der Waals surface area contributed by atoms with E-state index >= 15 is 0 Å². The molecular weight excluding hydrogens is 336 g/mol. The first-order valence-electron chi connectivity index (χ1n) is 9.28. The van der Waals surface area contributed by atoms with Gasteiger partial charge in [-0.3, -0.25) is 4.90 Å². The maximum Gasteiger partial charge on any atom is 0.320 e. The standard InChI is InChI=1S/C19H29ClN4O/c1-14-12-22(13-16-10-17(20)11-18(21)15(16)2)8-9-24(14)19(25)23-6-4-3-5-7-23/h10-11,14H,3-9,12-13,21H2,1-2H3/t14-/m0/s1. The third kappa shape index (κ3) is 4.21. The largest absolute Gasteiger partial charge is 0.398 e. The van der Waals surface area contributed by atoms with Crippen molar-refractivity contribution in [1.82, 2.24) is 14.7 Å². The zero-order valence-electron chi connectivity index (χ0n) is 15.3. The molecule has 1 aromatic carbocycles. The quantitative estimate of drug-likeness (QED) is 0.819. The van der Waals surface area contributed by atoms with Crippen LogP contribution in [-0.4, -0.2) is 59.5 Å². The molecule has 1 aromatic rings. The molecule has 138 valence electrons. The summed E-state index contributed by atoms with van der Waals surface area (Å²) in [5.74, 6) is 0. The van der Waals surface area contributed by atoms with Crippen LogP contribution >= 0.6 is 11.6 Å². The fourth-order valence-corrected chi connectivity index (χ4v) is 4.14. The number of nitrogens with zero attached hydrogens (tertiary/aromatic N) is 3. The highest BCUT2D eigenvalue weighted by atomic mass is 35.5. The van der Waals surface area contributed by atoms with Gasteiger partial charge in [-0.1, -0.05) is 11.6 Å². The Morgan fingerprint density at radius 1 is 1.20 bits per heavy atom. The summed E-state index contributed by atoms with van der Waals surface area (Å²) in [5.41, 5.74) is 9.06. The van der Waals surface area contributed by atoms with Crippen molar-refractivity contribution in [1.29, 1.82) is 0 Å². The fourth-order valence-electron chi connectivity index (χ4n) is 3.89. The molecule has 2 saturated heterocycles. The average Bonchev–Trinajstić information content (AvgIpc) is 2.59. The summed E-state index contributed by atoms with van der Waals surface area (Å²) in [7, 11) is 0. The summed E-state index contributed by atoms with van der Waals surface area (Å²) in [4.78, 5) is 19.2. The van der Waals surface area contributed by atoms with Crippen LogP contribution in [0.3, 0.4) is 0 Å². The van der Waals surface area contributed by atoms with Gasteiger partial charge in [0.2, 0.25) is 0 Å². The highest BCUT2D eigenvalue weighted by Gasteiger charge is 2.31. The number of benzene rings is 1. The van der Waals surface area contributed by atoms with Crippen LogP contribution in [-0.2, 0) is 6.54 Å². The van der Waals surface area contributed by atoms with E-state index in [1.807, 2.05) is 22.8 Å². The number of likely N-dealkylation sites (tertiary alicyclic amines) is 1. The second-order valence-corrected chi connectivity index (χ2v) is 7.82. The summed E-state index contributed by atoms with van der Waals surface area (Å²) in [5, 5.41) is 0.685. The summed E-state index contributed by atoms with van der Waals surface area (Å²) in [6, 6.07) is 4.25. The van der Waals surface area contributed by atoms with Crippen LogP contribution in [0.2, 0.25) is 5.02 Å². The molecule has 0 radical (unpaired) electrons. The fraction of sp³-hybridized carbons (Fsp3) is 0.632. The highest BCUT2D eigenvalue weighted by Crippen LogP contribution is 2.25.